The number of rotatable bonds is 3. The maximum Gasteiger partial charge on any atom is 0.321 e. The van der Waals surface area contributed by atoms with Crippen LogP contribution in [-0.4, -0.2) is 60.0 Å². The van der Waals surface area contributed by atoms with Gasteiger partial charge in [0, 0.05) is 32.2 Å². The predicted octanol–water partition coefficient (Wildman–Crippen LogP) is 2.59. The van der Waals surface area contributed by atoms with E-state index in [1.54, 1.807) is 30.3 Å². The van der Waals surface area contributed by atoms with Crippen LogP contribution < -0.4 is 10.1 Å². The van der Waals surface area contributed by atoms with Gasteiger partial charge in [-0.05, 0) is 37.7 Å². The van der Waals surface area contributed by atoms with Crippen LogP contribution in [0.4, 0.5) is 10.5 Å². The molecule has 2 saturated heterocycles. The molecule has 0 aliphatic carbocycles. The number of carbonyl (C=O) groups excluding carboxylic acids is 2. The predicted molar refractivity (Wildman–Crippen MR) is 99.1 cm³/mol. The van der Waals surface area contributed by atoms with E-state index >= 15 is 0 Å². The smallest absolute Gasteiger partial charge is 0.321 e. The number of aromatic nitrogens is 1. The molecule has 2 fully saturated rings. The van der Waals surface area contributed by atoms with E-state index in [0.29, 0.717) is 30.6 Å². The lowest BCUT2D eigenvalue weighted by Gasteiger charge is -2.37. The van der Waals surface area contributed by atoms with Crippen molar-refractivity contribution in [2.45, 2.75) is 32.6 Å². The maximum absolute atomic E-state index is 12.8. The number of pyridine rings is 1. The molecule has 2 aliphatic heterocycles. The molecular formula is C19H28N4O3. The first-order valence-electron chi connectivity index (χ1n) is 9.41. The van der Waals surface area contributed by atoms with E-state index in [2.05, 4.69) is 17.2 Å². The van der Waals surface area contributed by atoms with Crippen LogP contribution in [0.2, 0.25) is 0 Å². The molecule has 0 radical (unpaired) electrons. The van der Waals surface area contributed by atoms with Crippen molar-refractivity contribution in [3.05, 3.63) is 18.3 Å². The van der Waals surface area contributed by atoms with Gasteiger partial charge in [-0.3, -0.25) is 4.79 Å². The highest BCUT2D eigenvalue weighted by Gasteiger charge is 2.32. The molecule has 1 aromatic heterocycles. The molecule has 1 aromatic rings. The number of amides is 3. The molecule has 0 spiro atoms. The average molecular weight is 360 g/mol. The fourth-order valence-corrected chi connectivity index (χ4v) is 3.63. The van der Waals surface area contributed by atoms with Crippen LogP contribution in [0.25, 0.3) is 0 Å². The summed E-state index contributed by atoms with van der Waals surface area (Å²) in [5, 5.41) is 2.85. The minimum Gasteiger partial charge on any atom is -0.481 e. The van der Waals surface area contributed by atoms with Crippen molar-refractivity contribution in [1.29, 1.82) is 0 Å². The largest absolute Gasteiger partial charge is 0.481 e. The molecule has 7 nitrogen and oxygen atoms in total. The SMILES string of the molecule is COc1ccc(NC(=O)N2CCC[C@H](C(=O)N3CCC(C)CC3)C2)cn1. The molecule has 3 amide bonds. The van der Waals surface area contributed by atoms with E-state index < -0.39 is 0 Å². The Kier molecular flexibility index (Phi) is 5.96. The van der Waals surface area contributed by atoms with Crippen molar-refractivity contribution >= 4 is 17.6 Å². The molecule has 26 heavy (non-hydrogen) atoms. The zero-order chi connectivity index (χ0) is 18.5. The van der Waals surface area contributed by atoms with Gasteiger partial charge in [0.15, 0.2) is 0 Å². The Bertz CT molecular complexity index is 626. The van der Waals surface area contributed by atoms with Gasteiger partial charge in [0.05, 0.1) is 24.9 Å². The molecule has 0 saturated carbocycles. The van der Waals surface area contributed by atoms with E-state index in [4.69, 9.17) is 4.74 Å². The molecule has 2 aliphatic rings. The summed E-state index contributed by atoms with van der Waals surface area (Å²) in [5.41, 5.74) is 0.620. The fraction of sp³-hybridized carbons (Fsp3) is 0.632. The number of carbonyl (C=O) groups is 2. The summed E-state index contributed by atoms with van der Waals surface area (Å²) in [5.74, 6) is 1.32. The van der Waals surface area contributed by atoms with Crippen LogP contribution >= 0.6 is 0 Å². The lowest BCUT2D eigenvalue weighted by Crippen LogP contribution is -2.49. The number of methoxy groups -OCH3 is 1. The zero-order valence-corrected chi connectivity index (χ0v) is 15.6. The van der Waals surface area contributed by atoms with Crippen LogP contribution in [0.1, 0.15) is 32.6 Å². The Labute approximate surface area is 154 Å². The normalized spacial score (nSPS) is 21.4. The van der Waals surface area contributed by atoms with Crippen LogP contribution in [0, 0.1) is 11.8 Å². The number of hydrogen-bond acceptors (Lipinski definition) is 4. The molecule has 0 unspecified atom stereocenters. The Morgan fingerprint density at radius 2 is 1.92 bits per heavy atom. The Morgan fingerprint density at radius 1 is 1.15 bits per heavy atom. The Balaban J connectivity index is 1.55. The quantitative estimate of drug-likeness (QED) is 0.899. The van der Waals surface area contributed by atoms with Gasteiger partial charge in [0.25, 0.3) is 0 Å². The number of urea groups is 1. The molecule has 0 bridgehead atoms. The van der Waals surface area contributed by atoms with E-state index in [9.17, 15) is 9.59 Å². The second-order valence-electron chi connectivity index (χ2n) is 7.31. The van der Waals surface area contributed by atoms with Gasteiger partial charge in [-0.2, -0.15) is 0 Å². The number of ether oxygens (including phenoxy) is 1. The number of nitrogens with zero attached hydrogens (tertiary/aromatic N) is 3. The van der Waals surface area contributed by atoms with Gasteiger partial charge in [0.1, 0.15) is 0 Å². The summed E-state index contributed by atoms with van der Waals surface area (Å²) in [6.07, 6.45) is 5.44. The topological polar surface area (TPSA) is 74.8 Å². The van der Waals surface area contributed by atoms with Gasteiger partial charge < -0.3 is 19.9 Å². The third kappa shape index (κ3) is 4.45. The third-order valence-electron chi connectivity index (χ3n) is 5.35. The monoisotopic (exact) mass is 360 g/mol. The van der Waals surface area contributed by atoms with Crippen molar-refractivity contribution in [2.75, 3.05) is 38.6 Å². The van der Waals surface area contributed by atoms with Crippen molar-refractivity contribution in [2.24, 2.45) is 11.8 Å². The van der Waals surface area contributed by atoms with E-state index in [1.807, 2.05) is 4.90 Å². The summed E-state index contributed by atoms with van der Waals surface area (Å²) >= 11 is 0. The summed E-state index contributed by atoms with van der Waals surface area (Å²) in [6, 6.07) is 3.28. The summed E-state index contributed by atoms with van der Waals surface area (Å²) in [6.45, 7) is 5.10. The second kappa shape index (κ2) is 8.38. The molecule has 3 rings (SSSR count). The van der Waals surface area contributed by atoms with E-state index in [1.165, 1.54) is 0 Å². The van der Waals surface area contributed by atoms with Gasteiger partial charge in [0.2, 0.25) is 11.8 Å². The van der Waals surface area contributed by atoms with Gasteiger partial charge in [-0.15, -0.1) is 0 Å². The van der Waals surface area contributed by atoms with Gasteiger partial charge >= 0.3 is 6.03 Å². The van der Waals surface area contributed by atoms with Crippen molar-refractivity contribution in [3.63, 3.8) is 0 Å². The van der Waals surface area contributed by atoms with E-state index in [-0.39, 0.29) is 17.9 Å². The highest BCUT2D eigenvalue weighted by molar-refractivity contribution is 5.90. The zero-order valence-electron chi connectivity index (χ0n) is 15.6. The Hall–Kier alpha value is -2.31. The molecule has 7 heteroatoms. The third-order valence-corrected chi connectivity index (χ3v) is 5.35. The minimum absolute atomic E-state index is 0.0862. The van der Waals surface area contributed by atoms with Crippen LogP contribution in [0.15, 0.2) is 18.3 Å². The van der Waals surface area contributed by atoms with Crippen molar-refractivity contribution < 1.29 is 14.3 Å². The molecule has 3 heterocycles. The van der Waals surface area contributed by atoms with Crippen molar-refractivity contribution in [3.8, 4) is 5.88 Å². The van der Waals surface area contributed by atoms with Gasteiger partial charge in [-0.1, -0.05) is 6.92 Å². The first kappa shape index (κ1) is 18.5. The number of hydrogen-bond donors (Lipinski definition) is 1. The van der Waals surface area contributed by atoms with Crippen LogP contribution in [-0.2, 0) is 4.79 Å². The number of piperidine rings is 2. The highest BCUT2D eigenvalue weighted by atomic mass is 16.5. The lowest BCUT2D eigenvalue weighted by molar-refractivity contribution is -0.138. The first-order valence-corrected chi connectivity index (χ1v) is 9.41. The molecule has 142 valence electrons. The van der Waals surface area contributed by atoms with Gasteiger partial charge in [-0.25, -0.2) is 9.78 Å². The lowest BCUT2D eigenvalue weighted by atomic mass is 9.93. The molecule has 1 atom stereocenters. The molecule has 1 N–H and O–H groups in total. The average Bonchev–Trinajstić information content (AvgIpc) is 2.68. The maximum atomic E-state index is 12.8. The number of nitrogens with one attached hydrogen (secondary N) is 1. The number of likely N-dealkylation sites (tertiary alicyclic amines) is 2. The summed E-state index contributed by atoms with van der Waals surface area (Å²) < 4.78 is 5.02. The van der Waals surface area contributed by atoms with E-state index in [0.717, 1.165) is 38.8 Å². The minimum atomic E-state index is -0.179. The summed E-state index contributed by atoms with van der Waals surface area (Å²) in [4.78, 5) is 33.2. The summed E-state index contributed by atoms with van der Waals surface area (Å²) in [7, 11) is 1.55. The standard InChI is InChI=1S/C19H28N4O3/c1-14-7-10-22(11-8-14)18(24)15-4-3-9-23(13-15)19(25)21-16-5-6-17(26-2)20-12-16/h5-6,12,14-15H,3-4,7-11,13H2,1-2H3,(H,21,25)/t15-/m0/s1. The molecular weight excluding hydrogens is 332 g/mol. The van der Waals surface area contributed by atoms with Crippen molar-refractivity contribution in [1.82, 2.24) is 14.8 Å². The first-order chi connectivity index (χ1) is 12.6. The van der Waals surface area contributed by atoms with Crippen LogP contribution in [0.5, 0.6) is 5.88 Å². The molecule has 0 aromatic carbocycles. The Morgan fingerprint density at radius 3 is 2.58 bits per heavy atom. The fourth-order valence-electron chi connectivity index (χ4n) is 3.63. The highest BCUT2D eigenvalue weighted by Crippen LogP contribution is 2.23. The second-order valence-corrected chi connectivity index (χ2v) is 7.31. The number of anilines is 1. The van der Waals surface area contributed by atoms with Crippen LogP contribution in [0.3, 0.4) is 0 Å².